The van der Waals surface area contributed by atoms with Crippen molar-refractivity contribution in [2.45, 2.75) is 32.4 Å². The third-order valence-corrected chi connectivity index (χ3v) is 3.33. The van der Waals surface area contributed by atoms with Crippen LogP contribution in [0.2, 0.25) is 0 Å². The molecule has 0 fully saturated rings. The van der Waals surface area contributed by atoms with Crippen LogP contribution in [-0.2, 0) is 11.3 Å². The lowest BCUT2D eigenvalue weighted by Crippen LogP contribution is -2.35. The molecule has 0 aliphatic carbocycles. The maximum Gasteiger partial charge on any atom is 0.234 e. The molecule has 21 heavy (non-hydrogen) atoms. The molecule has 0 bridgehead atoms. The van der Waals surface area contributed by atoms with Crippen LogP contribution in [-0.4, -0.2) is 12.5 Å². The van der Waals surface area contributed by atoms with Gasteiger partial charge in [0, 0.05) is 6.04 Å². The first-order valence-corrected chi connectivity index (χ1v) is 7.37. The van der Waals surface area contributed by atoms with E-state index >= 15 is 0 Å². The van der Waals surface area contributed by atoms with Crippen molar-refractivity contribution in [1.82, 2.24) is 10.6 Å². The van der Waals surface area contributed by atoms with Gasteiger partial charge in [-0.1, -0.05) is 43.7 Å². The number of hydrogen-bond acceptors (Lipinski definition) is 3. The van der Waals surface area contributed by atoms with E-state index in [-0.39, 0.29) is 11.9 Å². The molecule has 0 spiro atoms. The number of amides is 1. The van der Waals surface area contributed by atoms with Crippen LogP contribution in [0.1, 0.15) is 37.1 Å². The fourth-order valence-corrected chi connectivity index (χ4v) is 2.24. The second-order valence-corrected chi connectivity index (χ2v) is 4.99. The molecule has 0 radical (unpaired) electrons. The molecule has 112 valence electrons. The molecular weight excluding hydrogens is 264 g/mol. The summed E-state index contributed by atoms with van der Waals surface area (Å²) in [6, 6.07) is 14.1. The number of benzene rings is 1. The normalized spacial score (nSPS) is 12.0. The molecule has 4 heteroatoms. The van der Waals surface area contributed by atoms with Gasteiger partial charge in [0.05, 0.1) is 19.4 Å². The Balaban J connectivity index is 1.80. The summed E-state index contributed by atoms with van der Waals surface area (Å²) in [4.78, 5) is 11.9. The summed E-state index contributed by atoms with van der Waals surface area (Å²) in [6.07, 6.45) is 3.68. The van der Waals surface area contributed by atoms with E-state index in [1.807, 2.05) is 30.3 Å². The maximum absolute atomic E-state index is 11.9. The van der Waals surface area contributed by atoms with Crippen molar-refractivity contribution >= 4 is 5.91 Å². The summed E-state index contributed by atoms with van der Waals surface area (Å²) >= 11 is 0. The second-order valence-electron chi connectivity index (χ2n) is 4.99. The molecule has 0 unspecified atom stereocenters. The van der Waals surface area contributed by atoms with Crippen molar-refractivity contribution in [2.75, 3.05) is 6.54 Å². The number of carbonyl (C=O) groups is 1. The second kappa shape index (κ2) is 8.27. The number of hydrogen-bond donors (Lipinski definition) is 2. The molecule has 0 saturated carbocycles. The molecule has 0 saturated heterocycles. The van der Waals surface area contributed by atoms with Gasteiger partial charge in [-0.05, 0) is 24.1 Å². The molecule has 1 aromatic heterocycles. The van der Waals surface area contributed by atoms with E-state index in [2.05, 4.69) is 29.7 Å². The average Bonchev–Trinajstić information content (AvgIpc) is 3.03. The van der Waals surface area contributed by atoms with Crippen LogP contribution in [0.5, 0.6) is 0 Å². The van der Waals surface area contributed by atoms with Crippen molar-refractivity contribution < 1.29 is 9.21 Å². The quantitative estimate of drug-likeness (QED) is 0.784. The van der Waals surface area contributed by atoms with Crippen LogP contribution in [0.4, 0.5) is 0 Å². The van der Waals surface area contributed by atoms with Gasteiger partial charge in [-0.2, -0.15) is 0 Å². The molecule has 1 amide bonds. The minimum atomic E-state index is -0.0246. The average molecular weight is 286 g/mol. The van der Waals surface area contributed by atoms with E-state index in [9.17, 15) is 4.79 Å². The summed E-state index contributed by atoms with van der Waals surface area (Å²) < 4.78 is 5.18. The Morgan fingerprint density at radius 2 is 2.00 bits per heavy atom. The number of carbonyl (C=O) groups excluding carboxylic acids is 1. The minimum Gasteiger partial charge on any atom is -0.467 e. The first kappa shape index (κ1) is 15.3. The zero-order valence-electron chi connectivity index (χ0n) is 12.3. The Bertz CT molecular complexity index is 523. The smallest absolute Gasteiger partial charge is 0.234 e. The van der Waals surface area contributed by atoms with Crippen molar-refractivity contribution in [1.29, 1.82) is 0 Å². The van der Waals surface area contributed by atoms with Crippen molar-refractivity contribution in [3.8, 4) is 0 Å². The standard InChI is InChI=1S/C17H22N2O2/c1-2-7-16(14-8-4-3-5-9-14)18-13-17(20)19-12-15-10-6-11-21-15/h3-6,8-11,16,18H,2,7,12-13H2,1H3,(H,19,20)/t16-/m0/s1. The first-order valence-electron chi connectivity index (χ1n) is 7.37. The number of nitrogens with one attached hydrogen (secondary N) is 2. The summed E-state index contributed by atoms with van der Waals surface area (Å²) in [6.45, 7) is 2.88. The Kier molecular flexibility index (Phi) is 6.03. The van der Waals surface area contributed by atoms with Gasteiger partial charge in [0.1, 0.15) is 5.76 Å². The lowest BCUT2D eigenvalue weighted by molar-refractivity contribution is -0.120. The van der Waals surface area contributed by atoms with E-state index in [1.165, 1.54) is 5.56 Å². The molecule has 4 nitrogen and oxygen atoms in total. The number of rotatable bonds is 8. The van der Waals surface area contributed by atoms with Crippen LogP contribution in [0.25, 0.3) is 0 Å². The van der Waals surface area contributed by atoms with E-state index in [0.717, 1.165) is 18.6 Å². The lowest BCUT2D eigenvalue weighted by Gasteiger charge is -2.18. The maximum atomic E-state index is 11.9. The number of furan rings is 1. The SMILES string of the molecule is CCC[C@H](NCC(=O)NCc1ccco1)c1ccccc1. The largest absolute Gasteiger partial charge is 0.467 e. The zero-order valence-corrected chi connectivity index (χ0v) is 12.3. The van der Waals surface area contributed by atoms with Crippen LogP contribution in [0, 0.1) is 0 Å². The Morgan fingerprint density at radius 3 is 2.67 bits per heavy atom. The highest BCUT2D eigenvalue weighted by molar-refractivity contribution is 5.77. The van der Waals surface area contributed by atoms with E-state index in [1.54, 1.807) is 6.26 Å². The predicted molar refractivity (Wildman–Crippen MR) is 82.6 cm³/mol. The third kappa shape index (κ3) is 5.08. The van der Waals surface area contributed by atoms with E-state index < -0.39 is 0 Å². The van der Waals surface area contributed by atoms with Gasteiger partial charge in [-0.3, -0.25) is 4.79 Å². The van der Waals surface area contributed by atoms with Gasteiger partial charge in [0.25, 0.3) is 0 Å². The molecule has 1 aromatic carbocycles. The highest BCUT2D eigenvalue weighted by Gasteiger charge is 2.11. The summed E-state index contributed by atoms with van der Waals surface area (Å²) in [5.74, 6) is 0.736. The highest BCUT2D eigenvalue weighted by Crippen LogP contribution is 2.17. The van der Waals surface area contributed by atoms with Gasteiger partial charge in [-0.25, -0.2) is 0 Å². The van der Waals surface area contributed by atoms with Gasteiger partial charge in [0.15, 0.2) is 0 Å². The molecule has 0 aliphatic heterocycles. The van der Waals surface area contributed by atoms with Gasteiger partial charge in [0.2, 0.25) is 5.91 Å². The van der Waals surface area contributed by atoms with E-state index in [0.29, 0.717) is 13.1 Å². The fourth-order valence-electron chi connectivity index (χ4n) is 2.24. The van der Waals surface area contributed by atoms with Crippen molar-refractivity contribution in [3.05, 3.63) is 60.1 Å². The van der Waals surface area contributed by atoms with Crippen LogP contribution >= 0.6 is 0 Å². The Labute approximate surface area is 125 Å². The minimum absolute atomic E-state index is 0.0246. The van der Waals surface area contributed by atoms with Gasteiger partial charge < -0.3 is 15.1 Å². The Morgan fingerprint density at radius 1 is 1.19 bits per heavy atom. The van der Waals surface area contributed by atoms with Gasteiger partial charge in [-0.15, -0.1) is 0 Å². The monoisotopic (exact) mass is 286 g/mol. The fraction of sp³-hybridized carbons (Fsp3) is 0.353. The van der Waals surface area contributed by atoms with Crippen LogP contribution < -0.4 is 10.6 Å². The molecule has 1 atom stereocenters. The van der Waals surface area contributed by atoms with E-state index in [4.69, 9.17) is 4.42 Å². The lowest BCUT2D eigenvalue weighted by atomic mass is 10.0. The van der Waals surface area contributed by atoms with Crippen LogP contribution in [0.15, 0.2) is 53.1 Å². The van der Waals surface area contributed by atoms with Crippen LogP contribution in [0.3, 0.4) is 0 Å². The van der Waals surface area contributed by atoms with Gasteiger partial charge >= 0.3 is 0 Å². The zero-order chi connectivity index (χ0) is 14.9. The highest BCUT2D eigenvalue weighted by atomic mass is 16.3. The molecule has 1 heterocycles. The molecule has 0 aliphatic rings. The summed E-state index contributed by atoms with van der Waals surface area (Å²) in [7, 11) is 0. The summed E-state index contributed by atoms with van der Waals surface area (Å²) in [5.41, 5.74) is 1.22. The molecular formula is C17H22N2O2. The summed E-state index contributed by atoms with van der Waals surface area (Å²) in [5, 5.41) is 6.16. The first-order chi connectivity index (χ1) is 10.3. The molecule has 2 rings (SSSR count). The molecule has 2 aromatic rings. The predicted octanol–water partition coefficient (Wildman–Crippen LogP) is 3.03. The topological polar surface area (TPSA) is 54.3 Å². The molecule has 2 N–H and O–H groups in total. The van der Waals surface area contributed by atoms with Crippen molar-refractivity contribution in [2.24, 2.45) is 0 Å². The Hall–Kier alpha value is -2.07. The third-order valence-electron chi connectivity index (χ3n) is 3.33. The van der Waals surface area contributed by atoms with Crippen molar-refractivity contribution in [3.63, 3.8) is 0 Å².